The third-order valence-corrected chi connectivity index (χ3v) is 4.02. The predicted molar refractivity (Wildman–Crippen MR) is 99.9 cm³/mol. The topological polar surface area (TPSA) is 83.8 Å². The van der Waals surface area contributed by atoms with Gasteiger partial charge in [0.2, 0.25) is 0 Å². The van der Waals surface area contributed by atoms with E-state index in [9.17, 15) is 9.59 Å². The molecule has 1 aromatic heterocycles. The van der Waals surface area contributed by atoms with Gasteiger partial charge >= 0.3 is 0 Å². The summed E-state index contributed by atoms with van der Waals surface area (Å²) in [5.74, 6) is 0.370. The minimum Gasteiger partial charge on any atom is -0.484 e. The molecular weight excluding hydrogens is 358 g/mol. The highest BCUT2D eigenvalue weighted by molar-refractivity contribution is 6.02. The summed E-state index contributed by atoms with van der Waals surface area (Å²) < 4.78 is 10.7. The normalized spacial score (nSPS) is 16.5. The average molecular weight is 380 g/mol. The van der Waals surface area contributed by atoms with Crippen LogP contribution in [0, 0.1) is 0 Å². The summed E-state index contributed by atoms with van der Waals surface area (Å²) in [6.45, 7) is 4.25. The number of carbonyl (C=O) groups excluding carboxylic acids is 2. The van der Waals surface area contributed by atoms with Crippen LogP contribution in [0.2, 0.25) is 0 Å². The van der Waals surface area contributed by atoms with Crippen LogP contribution in [0.3, 0.4) is 0 Å². The second kappa shape index (κ2) is 9.26. The summed E-state index contributed by atoms with van der Waals surface area (Å²) in [7, 11) is 0. The lowest BCUT2D eigenvalue weighted by molar-refractivity contribution is -0.136. The lowest BCUT2D eigenvalue weighted by Crippen LogP contribution is -2.53. The first-order valence-electron chi connectivity index (χ1n) is 8.21. The predicted octanol–water partition coefficient (Wildman–Crippen LogP) is 2.15. The van der Waals surface area contributed by atoms with E-state index in [1.807, 2.05) is 11.8 Å². The van der Waals surface area contributed by atoms with Crippen LogP contribution in [0.5, 0.6) is 5.75 Å². The molecule has 2 heterocycles. The molecule has 0 radical (unpaired) electrons. The number of benzene rings is 1. The number of halogens is 1. The van der Waals surface area contributed by atoms with Gasteiger partial charge in [0.1, 0.15) is 5.75 Å². The summed E-state index contributed by atoms with van der Waals surface area (Å²) in [6.07, 6.45) is 1.44. The second-order valence-electron chi connectivity index (χ2n) is 5.89. The molecule has 1 fully saturated rings. The molecule has 0 unspecified atom stereocenters. The number of furan rings is 1. The van der Waals surface area contributed by atoms with Crippen molar-refractivity contribution in [2.45, 2.75) is 13.0 Å². The third-order valence-electron chi connectivity index (χ3n) is 4.02. The van der Waals surface area contributed by atoms with Gasteiger partial charge in [-0.25, -0.2) is 0 Å². The Hall–Kier alpha value is -2.51. The Morgan fingerprint density at radius 1 is 1.35 bits per heavy atom. The van der Waals surface area contributed by atoms with Crippen molar-refractivity contribution in [3.05, 3.63) is 48.4 Å². The van der Waals surface area contributed by atoms with Crippen molar-refractivity contribution >= 4 is 29.9 Å². The maximum atomic E-state index is 12.3. The second-order valence-corrected chi connectivity index (χ2v) is 5.89. The number of piperazine rings is 1. The number of rotatable bonds is 5. The molecule has 1 aromatic carbocycles. The molecular formula is C18H22ClN3O4. The van der Waals surface area contributed by atoms with E-state index in [1.165, 1.54) is 6.26 Å². The highest BCUT2D eigenvalue weighted by Gasteiger charge is 2.23. The summed E-state index contributed by atoms with van der Waals surface area (Å²) in [6, 6.07) is 10.3. The van der Waals surface area contributed by atoms with Crippen LogP contribution in [0.1, 0.15) is 17.5 Å². The fraction of sp³-hybridized carbons (Fsp3) is 0.333. The van der Waals surface area contributed by atoms with E-state index >= 15 is 0 Å². The molecule has 2 aromatic rings. The van der Waals surface area contributed by atoms with Gasteiger partial charge in [-0.15, -0.1) is 12.4 Å². The molecule has 1 atom stereocenters. The Morgan fingerprint density at radius 2 is 2.19 bits per heavy atom. The van der Waals surface area contributed by atoms with E-state index in [4.69, 9.17) is 9.15 Å². The summed E-state index contributed by atoms with van der Waals surface area (Å²) >= 11 is 0. The van der Waals surface area contributed by atoms with Crippen molar-refractivity contribution in [2.24, 2.45) is 0 Å². The van der Waals surface area contributed by atoms with Gasteiger partial charge in [0.05, 0.1) is 6.26 Å². The molecule has 1 saturated heterocycles. The lowest BCUT2D eigenvalue weighted by atomic mass is 10.2. The maximum Gasteiger partial charge on any atom is 0.291 e. The summed E-state index contributed by atoms with van der Waals surface area (Å²) in [5.41, 5.74) is 0.571. The van der Waals surface area contributed by atoms with Crippen molar-refractivity contribution in [2.75, 3.05) is 31.6 Å². The van der Waals surface area contributed by atoms with E-state index in [2.05, 4.69) is 10.6 Å². The SMILES string of the molecule is C[C@@H]1CNCCN1C(=O)COc1cccc(NC(=O)c2ccco2)c1.Cl. The van der Waals surface area contributed by atoms with Gasteiger partial charge in [-0.1, -0.05) is 6.07 Å². The van der Waals surface area contributed by atoms with E-state index in [-0.39, 0.29) is 42.6 Å². The van der Waals surface area contributed by atoms with E-state index in [0.29, 0.717) is 18.0 Å². The molecule has 8 heteroatoms. The van der Waals surface area contributed by atoms with Gasteiger partial charge in [-0.05, 0) is 31.2 Å². The van der Waals surface area contributed by atoms with Crippen LogP contribution < -0.4 is 15.4 Å². The summed E-state index contributed by atoms with van der Waals surface area (Å²) in [4.78, 5) is 26.1. The molecule has 0 bridgehead atoms. The van der Waals surface area contributed by atoms with Gasteiger partial charge < -0.3 is 24.7 Å². The molecule has 7 nitrogen and oxygen atoms in total. The first-order valence-corrected chi connectivity index (χ1v) is 8.21. The number of hydrogen-bond acceptors (Lipinski definition) is 5. The van der Waals surface area contributed by atoms with Crippen LogP contribution in [-0.4, -0.2) is 49.0 Å². The molecule has 3 rings (SSSR count). The molecule has 1 aliphatic rings. The molecule has 0 spiro atoms. The number of carbonyl (C=O) groups is 2. The molecule has 2 N–H and O–H groups in total. The smallest absolute Gasteiger partial charge is 0.291 e. The van der Waals surface area contributed by atoms with Crippen LogP contribution in [0.15, 0.2) is 47.1 Å². The highest BCUT2D eigenvalue weighted by Crippen LogP contribution is 2.18. The fourth-order valence-electron chi connectivity index (χ4n) is 2.70. The molecule has 1 aliphatic heterocycles. The first kappa shape index (κ1) is 19.8. The fourth-order valence-corrected chi connectivity index (χ4v) is 2.70. The number of anilines is 1. The quantitative estimate of drug-likeness (QED) is 0.831. The van der Waals surface area contributed by atoms with Crippen molar-refractivity contribution in [3.8, 4) is 5.75 Å². The molecule has 140 valence electrons. The number of hydrogen-bond donors (Lipinski definition) is 2. The number of nitrogens with zero attached hydrogens (tertiary/aromatic N) is 1. The molecule has 0 aliphatic carbocycles. The van der Waals surface area contributed by atoms with Crippen molar-refractivity contribution in [3.63, 3.8) is 0 Å². The monoisotopic (exact) mass is 379 g/mol. The number of nitrogens with one attached hydrogen (secondary N) is 2. The minimum absolute atomic E-state index is 0. The third kappa shape index (κ3) is 5.00. The Morgan fingerprint density at radius 3 is 2.92 bits per heavy atom. The first-order chi connectivity index (χ1) is 12.1. The van der Waals surface area contributed by atoms with Crippen LogP contribution in [0.25, 0.3) is 0 Å². The number of amides is 2. The molecule has 2 amide bonds. The zero-order valence-corrected chi connectivity index (χ0v) is 15.3. The van der Waals surface area contributed by atoms with E-state index in [0.717, 1.165) is 13.1 Å². The van der Waals surface area contributed by atoms with Crippen molar-refractivity contribution in [1.29, 1.82) is 0 Å². The van der Waals surface area contributed by atoms with Gasteiger partial charge in [0, 0.05) is 37.4 Å². The van der Waals surface area contributed by atoms with Crippen LogP contribution in [0.4, 0.5) is 5.69 Å². The maximum absolute atomic E-state index is 12.3. The van der Waals surface area contributed by atoms with Gasteiger partial charge in [-0.2, -0.15) is 0 Å². The minimum atomic E-state index is -0.340. The molecule has 26 heavy (non-hydrogen) atoms. The average Bonchev–Trinajstić information content (AvgIpc) is 3.15. The zero-order chi connectivity index (χ0) is 17.6. The van der Waals surface area contributed by atoms with Crippen LogP contribution >= 0.6 is 12.4 Å². The van der Waals surface area contributed by atoms with E-state index in [1.54, 1.807) is 36.4 Å². The van der Waals surface area contributed by atoms with E-state index < -0.39 is 0 Å². The van der Waals surface area contributed by atoms with Gasteiger partial charge in [0.25, 0.3) is 11.8 Å². The van der Waals surface area contributed by atoms with Crippen molar-refractivity contribution < 1.29 is 18.7 Å². The zero-order valence-electron chi connectivity index (χ0n) is 14.4. The Labute approximate surface area is 158 Å². The van der Waals surface area contributed by atoms with Crippen LogP contribution in [-0.2, 0) is 4.79 Å². The van der Waals surface area contributed by atoms with Gasteiger partial charge in [-0.3, -0.25) is 9.59 Å². The van der Waals surface area contributed by atoms with Crippen molar-refractivity contribution in [1.82, 2.24) is 10.2 Å². The van der Waals surface area contributed by atoms with Gasteiger partial charge in [0.15, 0.2) is 12.4 Å². The Bertz CT molecular complexity index is 736. The summed E-state index contributed by atoms with van der Waals surface area (Å²) in [5, 5.41) is 5.97. The Balaban J connectivity index is 0.00000243. The highest BCUT2D eigenvalue weighted by atomic mass is 35.5. The number of ether oxygens (including phenoxy) is 1. The molecule has 0 saturated carbocycles. The Kier molecular flexibility index (Phi) is 7.06. The largest absolute Gasteiger partial charge is 0.484 e. The standard InChI is InChI=1S/C18H21N3O4.ClH/c1-13-11-19-7-8-21(13)17(22)12-25-15-5-2-4-14(10-15)20-18(23)16-6-3-9-24-16;/h2-6,9-10,13,19H,7-8,11-12H2,1H3,(H,20,23);1H/t13-;/m1./s1. The lowest BCUT2D eigenvalue weighted by Gasteiger charge is -2.33.